The van der Waals surface area contributed by atoms with Gasteiger partial charge in [0.05, 0.1) is 21.9 Å². The van der Waals surface area contributed by atoms with Crippen LogP contribution >= 0.6 is 0 Å². The van der Waals surface area contributed by atoms with Crippen molar-refractivity contribution in [3.8, 4) is 5.88 Å². The molecule has 0 saturated carbocycles. The molecular formula is C28H22N6O6. The normalized spacial score (nSPS) is 14.3. The zero-order valence-electron chi connectivity index (χ0n) is 21.0. The summed E-state index contributed by atoms with van der Waals surface area (Å²) in [4.78, 5) is 53.1. The maximum Gasteiger partial charge on any atom is 0.326 e. The van der Waals surface area contributed by atoms with Crippen molar-refractivity contribution < 1.29 is 24.4 Å². The van der Waals surface area contributed by atoms with Crippen LogP contribution in [0.2, 0.25) is 0 Å². The number of aromatic amines is 1. The molecule has 1 aliphatic heterocycles. The van der Waals surface area contributed by atoms with E-state index >= 15 is 0 Å². The van der Waals surface area contributed by atoms with Crippen LogP contribution in [0.3, 0.4) is 0 Å². The van der Waals surface area contributed by atoms with Gasteiger partial charge in [0.2, 0.25) is 5.91 Å². The second kappa shape index (κ2) is 10.5. The number of fused-ring (bicyclic) bond motifs is 1. The van der Waals surface area contributed by atoms with Crippen LogP contribution in [-0.4, -0.2) is 38.6 Å². The summed E-state index contributed by atoms with van der Waals surface area (Å²) >= 11 is 0. The van der Waals surface area contributed by atoms with Gasteiger partial charge >= 0.3 is 6.03 Å². The Bertz CT molecular complexity index is 1740. The third kappa shape index (κ3) is 5.41. The first kappa shape index (κ1) is 25.9. The lowest BCUT2D eigenvalue weighted by Gasteiger charge is -2.10. The van der Waals surface area contributed by atoms with E-state index in [0.29, 0.717) is 40.0 Å². The van der Waals surface area contributed by atoms with Crippen LogP contribution in [0.4, 0.5) is 16.2 Å². The Kier molecular flexibility index (Phi) is 6.81. The summed E-state index contributed by atoms with van der Waals surface area (Å²) in [6.45, 7) is 1.76. The number of H-pyrrole nitrogens is 1. The van der Waals surface area contributed by atoms with Crippen LogP contribution in [-0.2, 0) is 16.1 Å². The van der Waals surface area contributed by atoms with Crippen LogP contribution in [0.1, 0.15) is 29.2 Å². The van der Waals surface area contributed by atoms with E-state index in [4.69, 9.17) is 4.99 Å². The predicted octanol–water partition coefficient (Wildman–Crippen LogP) is 3.77. The number of nitrogens with one attached hydrogen (secondary N) is 4. The van der Waals surface area contributed by atoms with Crippen molar-refractivity contribution in [2.45, 2.75) is 13.5 Å². The number of urea groups is 1. The smallest absolute Gasteiger partial charge is 0.326 e. The summed E-state index contributed by atoms with van der Waals surface area (Å²) in [7, 11) is 0. The summed E-state index contributed by atoms with van der Waals surface area (Å²) in [5, 5.41) is 30.1. The second-order valence-corrected chi connectivity index (χ2v) is 8.96. The largest absolute Gasteiger partial charge is 0.494 e. The second-order valence-electron chi connectivity index (χ2n) is 8.96. The minimum absolute atomic E-state index is 0.117. The number of rotatable bonds is 7. The third-order valence-electron chi connectivity index (χ3n) is 6.14. The molecule has 5 rings (SSSR count). The Morgan fingerprint density at radius 3 is 2.40 bits per heavy atom. The number of carbonyl (C=O) groups excluding carboxylic acids is 3. The summed E-state index contributed by atoms with van der Waals surface area (Å²) in [5.74, 6) is -0.896. The molecular weight excluding hydrogens is 516 g/mol. The fraction of sp³-hybridized carbons (Fsp3) is 0.0714. The van der Waals surface area contributed by atoms with Crippen LogP contribution in [0.25, 0.3) is 17.0 Å². The Morgan fingerprint density at radius 2 is 1.77 bits per heavy atom. The van der Waals surface area contributed by atoms with Crippen molar-refractivity contribution in [2.75, 3.05) is 0 Å². The lowest BCUT2D eigenvalue weighted by molar-refractivity contribution is -0.384. The Morgan fingerprint density at radius 1 is 1.05 bits per heavy atom. The molecule has 0 spiro atoms. The number of amides is 4. The molecule has 0 unspecified atom stereocenters. The molecule has 12 nitrogen and oxygen atoms in total. The number of aromatic hydroxyl groups is 1. The monoisotopic (exact) mass is 538 g/mol. The third-order valence-corrected chi connectivity index (χ3v) is 6.14. The fourth-order valence-corrected chi connectivity index (χ4v) is 4.21. The van der Waals surface area contributed by atoms with E-state index in [0.717, 1.165) is 5.56 Å². The van der Waals surface area contributed by atoms with Gasteiger partial charge < -0.3 is 20.7 Å². The van der Waals surface area contributed by atoms with Gasteiger partial charge in [-0.3, -0.25) is 25.0 Å². The van der Waals surface area contributed by atoms with Crippen molar-refractivity contribution in [2.24, 2.45) is 4.99 Å². The number of imide groups is 1. The van der Waals surface area contributed by atoms with Crippen LogP contribution in [0.5, 0.6) is 5.88 Å². The van der Waals surface area contributed by atoms with Crippen molar-refractivity contribution >= 4 is 51.9 Å². The minimum Gasteiger partial charge on any atom is -0.494 e. The average molecular weight is 539 g/mol. The number of non-ortho nitro benzene ring substituents is 1. The standard InChI is InChI=1S/C28H22N6O6/c1-15(35)29-14-17-2-6-18(7-3-17)25(24-21-13-20(34(39)40)10-11-22(21)31-27(24)37)30-19-8-4-16(5-9-19)12-23-26(36)33-28(38)32-23/h2-13,31,37H,14H2,1H3,(H,29,35)(H2,32,33,36,38). The first-order chi connectivity index (χ1) is 19.2. The number of nitro groups is 1. The number of aromatic nitrogens is 1. The van der Waals surface area contributed by atoms with Crippen molar-refractivity contribution in [3.63, 3.8) is 0 Å². The molecule has 4 aromatic rings. The van der Waals surface area contributed by atoms with Crippen LogP contribution < -0.4 is 16.0 Å². The molecule has 3 aromatic carbocycles. The van der Waals surface area contributed by atoms with E-state index in [1.54, 1.807) is 36.4 Å². The van der Waals surface area contributed by atoms with Crippen LogP contribution in [0.15, 0.2) is 77.4 Å². The van der Waals surface area contributed by atoms with Gasteiger partial charge in [0, 0.05) is 42.1 Å². The Balaban J connectivity index is 1.59. The molecule has 4 amide bonds. The quantitative estimate of drug-likeness (QED) is 0.0786. The first-order valence-corrected chi connectivity index (χ1v) is 12.0. The lowest BCUT2D eigenvalue weighted by atomic mass is 9.99. The number of aliphatic imine (C=N–C) groups is 1. The van der Waals surface area contributed by atoms with Crippen LogP contribution in [0, 0.1) is 10.1 Å². The summed E-state index contributed by atoms with van der Waals surface area (Å²) in [6.07, 6.45) is 1.52. The number of benzene rings is 3. The molecule has 1 saturated heterocycles. The van der Waals surface area contributed by atoms with E-state index in [9.17, 15) is 29.6 Å². The highest BCUT2D eigenvalue weighted by atomic mass is 16.6. The fourth-order valence-electron chi connectivity index (χ4n) is 4.21. The Hall–Kier alpha value is -5.78. The summed E-state index contributed by atoms with van der Waals surface area (Å²) in [6, 6.07) is 17.6. The van der Waals surface area contributed by atoms with Gasteiger partial charge in [0.25, 0.3) is 11.6 Å². The molecule has 5 N–H and O–H groups in total. The molecule has 0 aliphatic carbocycles. The van der Waals surface area contributed by atoms with E-state index < -0.39 is 16.9 Å². The maximum absolute atomic E-state index is 11.8. The van der Waals surface area contributed by atoms with E-state index in [2.05, 4.69) is 20.9 Å². The highest BCUT2D eigenvalue weighted by Crippen LogP contribution is 2.33. The molecule has 1 aliphatic rings. The SMILES string of the molecule is CC(=O)NCc1ccc(C(=Nc2ccc(C=C3NC(=O)NC3=O)cc2)c2c(O)[nH]c3ccc([N+](=O)[O-])cc23)cc1. The molecule has 200 valence electrons. The molecule has 0 radical (unpaired) electrons. The number of nitrogens with zero attached hydrogens (tertiary/aromatic N) is 2. The van der Waals surface area contributed by atoms with Gasteiger partial charge in [-0.15, -0.1) is 0 Å². The van der Waals surface area contributed by atoms with Gasteiger partial charge in [-0.05, 0) is 35.4 Å². The van der Waals surface area contributed by atoms with E-state index in [1.165, 1.54) is 31.2 Å². The molecule has 2 heterocycles. The Labute approximate surface area is 226 Å². The highest BCUT2D eigenvalue weighted by molar-refractivity contribution is 6.22. The molecule has 40 heavy (non-hydrogen) atoms. The summed E-state index contributed by atoms with van der Waals surface area (Å²) < 4.78 is 0. The van der Waals surface area contributed by atoms with Gasteiger partial charge in [-0.25, -0.2) is 9.79 Å². The van der Waals surface area contributed by atoms with E-state index in [1.807, 2.05) is 12.1 Å². The number of carbonyl (C=O) groups is 3. The maximum atomic E-state index is 11.8. The zero-order chi connectivity index (χ0) is 28.4. The minimum atomic E-state index is -0.594. The number of hydrogen-bond acceptors (Lipinski definition) is 7. The van der Waals surface area contributed by atoms with Gasteiger partial charge in [-0.2, -0.15) is 0 Å². The molecule has 1 aromatic heterocycles. The van der Waals surface area contributed by atoms with Crippen molar-refractivity contribution in [1.82, 2.24) is 20.9 Å². The molecule has 0 bridgehead atoms. The average Bonchev–Trinajstić information content (AvgIpc) is 3.43. The van der Waals surface area contributed by atoms with Crippen molar-refractivity contribution in [3.05, 3.63) is 105 Å². The van der Waals surface area contributed by atoms with Gasteiger partial charge in [0.1, 0.15) is 5.70 Å². The van der Waals surface area contributed by atoms with E-state index in [-0.39, 0.29) is 28.7 Å². The van der Waals surface area contributed by atoms with Gasteiger partial charge in [0.15, 0.2) is 5.88 Å². The summed E-state index contributed by atoms with van der Waals surface area (Å²) in [5.41, 5.74) is 3.70. The number of nitro benzene ring substituents is 1. The van der Waals surface area contributed by atoms with Gasteiger partial charge in [-0.1, -0.05) is 36.4 Å². The zero-order valence-corrected chi connectivity index (χ0v) is 21.0. The molecule has 12 heteroatoms. The molecule has 0 atom stereocenters. The predicted molar refractivity (Wildman–Crippen MR) is 147 cm³/mol. The molecule has 1 fully saturated rings. The van der Waals surface area contributed by atoms with Crippen molar-refractivity contribution in [1.29, 1.82) is 0 Å². The first-order valence-electron chi connectivity index (χ1n) is 12.0. The topological polar surface area (TPSA) is 179 Å². The highest BCUT2D eigenvalue weighted by Gasteiger charge is 2.23. The lowest BCUT2D eigenvalue weighted by Crippen LogP contribution is -2.22. The number of hydrogen-bond donors (Lipinski definition) is 5.